The Balaban J connectivity index is 0.000000537. The van der Waals surface area contributed by atoms with Crippen molar-refractivity contribution in [2.45, 2.75) is 30.7 Å². The number of alkyl halides is 3. The maximum Gasteiger partial charge on any atom is 0.430 e. The molecule has 238 valence electrons. The van der Waals surface area contributed by atoms with Gasteiger partial charge in [0, 0.05) is 24.8 Å². The minimum absolute atomic E-state index is 0.217. The second kappa shape index (κ2) is 12.8. The van der Waals surface area contributed by atoms with E-state index in [0.717, 1.165) is 30.8 Å². The van der Waals surface area contributed by atoms with E-state index >= 15 is 0 Å². The number of ether oxygens (including phenoxy) is 1. The monoisotopic (exact) mass is 634 g/mol. The van der Waals surface area contributed by atoms with Crippen molar-refractivity contribution in [3.8, 4) is 12.0 Å². The lowest BCUT2D eigenvalue weighted by Crippen LogP contribution is -2.65. The highest BCUT2D eigenvalue weighted by Crippen LogP contribution is 2.38. The number of esters is 1. The van der Waals surface area contributed by atoms with Crippen LogP contribution in [0.4, 0.5) is 13.2 Å². The predicted molar refractivity (Wildman–Crippen MR) is 154 cm³/mol. The first-order valence-electron chi connectivity index (χ1n) is 14.5. The number of fused-ring (bicyclic) bond motifs is 4. The number of imide groups is 1. The molecule has 3 saturated heterocycles. The maximum absolute atomic E-state index is 13.7. The van der Waals surface area contributed by atoms with E-state index in [1.54, 1.807) is 72.8 Å². The summed E-state index contributed by atoms with van der Waals surface area (Å²) < 4.78 is 38.3. The summed E-state index contributed by atoms with van der Waals surface area (Å²) in [6.45, 7) is 2.79. The molecule has 1 N–H and O–H groups in total. The molecule has 2 bridgehead atoms. The third-order valence-electron chi connectivity index (χ3n) is 8.61. The molecule has 4 aliphatic heterocycles. The number of aliphatic carboxylic acids is 1. The van der Waals surface area contributed by atoms with Gasteiger partial charge in [0.2, 0.25) is 5.60 Å². The standard InChI is InChI=1S/C32H29N2O5.C2HF3O2/c35-29-26-14-7-8-15-27(26)30(36)33(29)18-9-19-34-20-16-23(17-21-34)28(22-34)39-31(37)32(38,24-10-3-1-4-11-24)25-12-5-2-6-13-25;3-2(4,5)1(6)7/h1-8,10-15,23,28,38H,16-17,19-22H2;(H,6,7)/q+1;/p-1/t23?,28-,34?;/m0./s1. The second-order valence-electron chi connectivity index (χ2n) is 11.4. The van der Waals surface area contributed by atoms with Crippen LogP contribution in [0.5, 0.6) is 0 Å². The van der Waals surface area contributed by atoms with Gasteiger partial charge in [-0.2, -0.15) is 18.1 Å². The SMILES string of the molecule is O=C([O-])C(F)(F)F.O=C1c2ccccc2C(=O)N1C#CC[N+]12CCC(CC1)[C@@H](OC(=O)C(O)(c1ccccc1)c1ccccc1)C2. The summed E-state index contributed by atoms with van der Waals surface area (Å²) in [5.41, 5.74) is -0.265. The van der Waals surface area contributed by atoms with Crippen molar-refractivity contribution < 1.29 is 51.8 Å². The Morgan fingerprint density at radius 3 is 1.78 bits per heavy atom. The molecule has 0 aliphatic carbocycles. The minimum atomic E-state index is -5.19. The largest absolute Gasteiger partial charge is 0.542 e. The molecule has 0 aromatic heterocycles. The van der Waals surface area contributed by atoms with E-state index < -0.39 is 35.5 Å². The van der Waals surface area contributed by atoms with Crippen molar-refractivity contribution in [1.29, 1.82) is 0 Å². The average molecular weight is 635 g/mol. The third kappa shape index (κ3) is 6.38. The Labute approximate surface area is 262 Å². The summed E-state index contributed by atoms with van der Waals surface area (Å²) in [6.07, 6.45) is -3.80. The highest BCUT2D eigenvalue weighted by Gasteiger charge is 2.50. The zero-order valence-corrected chi connectivity index (χ0v) is 24.4. The van der Waals surface area contributed by atoms with Crippen LogP contribution in [0.15, 0.2) is 84.9 Å². The third-order valence-corrected chi connectivity index (χ3v) is 8.61. The fraction of sp³-hybridized carbons (Fsp3) is 0.294. The molecule has 0 spiro atoms. The first-order valence-corrected chi connectivity index (χ1v) is 14.5. The molecule has 4 aliphatic rings. The topological polar surface area (TPSA) is 124 Å². The van der Waals surface area contributed by atoms with Gasteiger partial charge < -0.3 is 24.2 Å². The molecular weight excluding hydrogens is 605 g/mol. The molecule has 1 atom stereocenters. The van der Waals surface area contributed by atoms with Crippen LogP contribution in [-0.2, 0) is 19.9 Å². The number of carboxylic acid groups (broad SMARTS) is 1. The van der Waals surface area contributed by atoms with Crippen LogP contribution in [-0.4, -0.2) is 76.7 Å². The minimum Gasteiger partial charge on any atom is -0.542 e. The number of benzene rings is 3. The molecule has 3 aromatic rings. The number of rotatable bonds is 5. The van der Waals surface area contributed by atoms with Gasteiger partial charge >= 0.3 is 12.1 Å². The number of carbonyl (C=O) groups excluding carboxylic acids is 4. The van der Waals surface area contributed by atoms with Crippen LogP contribution < -0.4 is 5.11 Å². The Kier molecular flexibility index (Phi) is 9.01. The molecule has 3 fully saturated rings. The van der Waals surface area contributed by atoms with Crippen LogP contribution in [0.1, 0.15) is 44.7 Å². The maximum atomic E-state index is 13.7. The van der Waals surface area contributed by atoms with Gasteiger partial charge in [-0.15, -0.1) is 0 Å². The summed E-state index contributed by atoms with van der Waals surface area (Å²) in [5.74, 6) is -1.19. The lowest BCUT2D eigenvalue weighted by molar-refractivity contribution is -0.939. The number of carbonyl (C=O) groups is 4. The summed E-state index contributed by atoms with van der Waals surface area (Å²) in [5, 5.41) is 20.6. The van der Waals surface area contributed by atoms with Crippen molar-refractivity contribution in [1.82, 2.24) is 4.90 Å². The molecule has 0 unspecified atom stereocenters. The van der Waals surface area contributed by atoms with E-state index in [0.29, 0.717) is 39.8 Å². The first-order chi connectivity index (χ1) is 21.9. The van der Waals surface area contributed by atoms with Crippen LogP contribution in [0.25, 0.3) is 0 Å². The molecule has 7 rings (SSSR count). The number of quaternary nitrogens is 1. The molecule has 0 radical (unpaired) electrons. The van der Waals surface area contributed by atoms with Gasteiger partial charge in [0.25, 0.3) is 11.8 Å². The number of hydrogen-bond donors (Lipinski definition) is 1. The van der Waals surface area contributed by atoms with Crippen molar-refractivity contribution in [2.24, 2.45) is 5.92 Å². The van der Waals surface area contributed by atoms with Crippen LogP contribution in [0.2, 0.25) is 0 Å². The summed E-state index contributed by atoms with van der Waals surface area (Å²) in [7, 11) is 0. The number of piperidine rings is 3. The van der Waals surface area contributed by atoms with Crippen molar-refractivity contribution in [2.75, 3.05) is 26.2 Å². The number of halogens is 3. The van der Waals surface area contributed by atoms with Crippen LogP contribution in [0.3, 0.4) is 0 Å². The lowest BCUT2D eigenvalue weighted by Gasteiger charge is -2.51. The van der Waals surface area contributed by atoms with Crippen LogP contribution in [0, 0.1) is 17.9 Å². The fourth-order valence-electron chi connectivity index (χ4n) is 6.13. The van der Waals surface area contributed by atoms with Gasteiger partial charge in [-0.1, -0.05) is 72.8 Å². The number of nitrogens with zero attached hydrogens (tertiary/aromatic N) is 2. The van der Waals surface area contributed by atoms with Crippen molar-refractivity contribution >= 4 is 23.8 Å². The van der Waals surface area contributed by atoms with E-state index in [1.807, 2.05) is 12.1 Å². The van der Waals surface area contributed by atoms with Crippen LogP contribution >= 0.6 is 0 Å². The fourth-order valence-corrected chi connectivity index (χ4v) is 6.13. The van der Waals surface area contributed by atoms with E-state index in [1.165, 1.54) is 0 Å². The van der Waals surface area contributed by atoms with Gasteiger partial charge in [-0.05, 0) is 29.2 Å². The number of amides is 2. The number of aliphatic hydroxyl groups is 1. The molecule has 3 aromatic carbocycles. The highest BCUT2D eigenvalue weighted by atomic mass is 19.4. The predicted octanol–water partition coefficient (Wildman–Crippen LogP) is 2.63. The molecule has 4 heterocycles. The molecular formula is C34H29F3N2O7. The summed E-state index contributed by atoms with van der Waals surface area (Å²) in [6, 6.07) is 27.3. The Hall–Kier alpha value is -4.99. The van der Waals surface area contributed by atoms with E-state index in [9.17, 15) is 32.7 Å². The number of carboxylic acids is 1. The van der Waals surface area contributed by atoms with E-state index in [2.05, 4.69) is 12.0 Å². The zero-order chi connectivity index (χ0) is 33.1. The van der Waals surface area contributed by atoms with E-state index in [-0.39, 0.29) is 12.0 Å². The summed E-state index contributed by atoms with van der Waals surface area (Å²) in [4.78, 5) is 48.8. The summed E-state index contributed by atoms with van der Waals surface area (Å²) >= 11 is 0. The van der Waals surface area contributed by atoms with Gasteiger partial charge in [0.1, 0.15) is 19.1 Å². The highest BCUT2D eigenvalue weighted by molar-refractivity contribution is 6.22. The molecule has 2 amide bonds. The number of hydrogen-bond acceptors (Lipinski definition) is 7. The van der Waals surface area contributed by atoms with Crippen molar-refractivity contribution in [3.63, 3.8) is 0 Å². The van der Waals surface area contributed by atoms with Gasteiger partial charge in [0.05, 0.1) is 24.2 Å². The van der Waals surface area contributed by atoms with Gasteiger partial charge in [-0.3, -0.25) is 9.59 Å². The first kappa shape index (κ1) is 32.4. The molecule has 46 heavy (non-hydrogen) atoms. The van der Waals surface area contributed by atoms with E-state index in [4.69, 9.17) is 14.6 Å². The Morgan fingerprint density at radius 2 is 1.33 bits per heavy atom. The Bertz CT molecular complexity index is 1620. The van der Waals surface area contributed by atoms with Gasteiger partial charge in [0.15, 0.2) is 6.10 Å². The van der Waals surface area contributed by atoms with Gasteiger partial charge in [-0.25, -0.2) is 4.79 Å². The molecule has 9 nitrogen and oxygen atoms in total. The lowest BCUT2D eigenvalue weighted by atomic mass is 9.82. The van der Waals surface area contributed by atoms with Crippen molar-refractivity contribution in [3.05, 3.63) is 107 Å². The normalized spacial score (nSPS) is 21.8. The quantitative estimate of drug-likeness (QED) is 0.198. The smallest absolute Gasteiger partial charge is 0.430 e. The molecule has 0 saturated carbocycles. The Morgan fingerprint density at radius 1 is 0.870 bits per heavy atom. The molecule has 12 heteroatoms. The average Bonchev–Trinajstić information content (AvgIpc) is 3.30. The second-order valence-corrected chi connectivity index (χ2v) is 11.4. The zero-order valence-electron chi connectivity index (χ0n) is 24.4.